The number of likely N-dealkylation sites (tertiary alicyclic amines) is 1. The Balaban J connectivity index is 1.13. The summed E-state index contributed by atoms with van der Waals surface area (Å²) in [4.78, 5) is 18.0. The smallest absolute Gasteiger partial charge is 0.162 e. The van der Waals surface area contributed by atoms with Crippen molar-refractivity contribution >= 4 is 5.78 Å². The van der Waals surface area contributed by atoms with E-state index in [0.29, 0.717) is 31.5 Å². The fraction of sp³-hybridized carbons (Fsp3) is 0.406. The minimum absolute atomic E-state index is 0.219. The summed E-state index contributed by atoms with van der Waals surface area (Å²) in [5, 5.41) is 0. The molecule has 2 heterocycles. The number of benzene rings is 3. The zero-order valence-corrected chi connectivity index (χ0v) is 21.7. The van der Waals surface area contributed by atoms with Gasteiger partial charge in [0.05, 0.1) is 0 Å². The molecule has 0 radical (unpaired) electrons. The Morgan fingerprint density at radius 2 is 1.76 bits per heavy atom. The number of fused-ring (bicyclic) bond motifs is 1. The molecule has 2 aliphatic heterocycles. The number of hydrogen-bond donors (Lipinski definition) is 0. The van der Waals surface area contributed by atoms with Crippen molar-refractivity contribution in [3.8, 4) is 5.75 Å². The van der Waals surface area contributed by atoms with Crippen LogP contribution in [-0.4, -0.2) is 41.8 Å². The summed E-state index contributed by atoms with van der Waals surface area (Å²) in [6, 6.07) is 23.7. The van der Waals surface area contributed by atoms with Crippen LogP contribution in [0.4, 0.5) is 4.39 Å². The third-order valence-electron chi connectivity index (χ3n) is 8.02. The van der Waals surface area contributed by atoms with Crippen LogP contribution >= 0.6 is 0 Å². The second-order valence-electron chi connectivity index (χ2n) is 10.5. The highest BCUT2D eigenvalue weighted by atomic mass is 19.1. The summed E-state index contributed by atoms with van der Waals surface area (Å²) in [7, 11) is 0. The Bertz CT molecular complexity index is 1170. The van der Waals surface area contributed by atoms with Gasteiger partial charge < -0.3 is 4.74 Å². The van der Waals surface area contributed by atoms with E-state index >= 15 is 0 Å². The molecule has 0 N–H and O–H groups in total. The molecule has 0 spiro atoms. The number of ketones is 1. The highest BCUT2D eigenvalue weighted by Gasteiger charge is 2.24. The van der Waals surface area contributed by atoms with Crippen LogP contribution in [0.15, 0.2) is 72.8 Å². The van der Waals surface area contributed by atoms with E-state index in [1.807, 2.05) is 30.3 Å². The summed E-state index contributed by atoms with van der Waals surface area (Å²) in [5.41, 5.74) is 4.27. The van der Waals surface area contributed by atoms with Gasteiger partial charge >= 0.3 is 0 Å². The summed E-state index contributed by atoms with van der Waals surface area (Å²) in [6.45, 7) is 7.31. The summed E-state index contributed by atoms with van der Waals surface area (Å²) in [5.74, 6) is 1.47. The first-order valence-electron chi connectivity index (χ1n) is 13.6. The summed E-state index contributed by atoms with van der Waals surface area (Å²) >= 11 is 0. The second-order valence-corrected chi connectivity index (χ2v) is 10.5. The molecule has 5 heteroatoms. The van der Waals surface area contributed by atoms with Gasteiger partial charge in [-0.2, -0.15) is 0 Å². The molecule has 1 fully saturated rings. The van der Waals surface area contributed by atoms with Gasteiger partial charge in [0, 0.05) is 43.2 Å². The number of carbonyl (C=O) groups excluding carboxylic acids is 1. The Hall–Kier alpha value is -3.02. The molecule has 1 unspecified atom stereocenters. The number of halogens is 1. The van der Waals surface area contributed by atoms with Crippen LogP contribution in [0.5, 0.6) is 5.75 Å². The number of rotatable bonds is 8. The molecule has 0 aromatic heterocycles. The van der Waals surface area contributed by atoms with Crippen LogP contribution in [0.1, 0.15) is 65.7 Å². The normalized spacial score (nSPS) is 18.0. The van der Waals surface area contributed by atoms with Gasteiger partial charge in [0.1, 0.15) is 18.2 Å². The first-order valence-corrected chi connectivity index (χ1v) is 13.6. The van der Waals surface area contributed by atoms with Gasteiger partial charge in [-0.15, -0.1) is 0 Å². The van der Waals surface area contributed by atoms with E-state index in [1.54, 1.807) is 0 Å². The molecular weight excluding hydrogens is 463 g/mol. The Kier molecular flexibility index (Phi) is 8.32. The van der Waals surface area contributed by atoms with Crippen molar-refractivity contribution in [3.63, 3.8) is 0 Å². The van der Waals surface area contributed by atoms with E-state index in [0.717, 1.165) is 67.9 Å². The molecule has 1 atom stereocenters. The lowest BCUT2D eigenvalue weighted by atomic mass is 9.89. The molecule has 0 amide bonds. The zero-order valence-electron chi connectivity index (χ0n) is 21.7. The molecule has 0 aliphatic carbocycles. The molecule has 1 saturated heterocycles. The maximum absolute atomic E-state index is 13.3. The maximum Gasteiger partial charge on any atom is 0.162 e. The van der Waals surface area contributed by atoms with Gasteiger partial charge in [-0.1, -0.05) is 42.5 Å². The standard InChI is InChI=1S/C32H37FN2O2/c1-24(27-5-3-2-4-6-27)35-17-15-25(16-18-35)9-13-31(36)28-10-14-32-29(21-28)23-34(19-20-37-32)22-26-7-11-30(33)12-8-26/h2-8,10-12,14,21,24-25H,9,13,15-20,22-23H2,1H3. The van der Waals surface area contributed by atoms with Gasteiger partial charge in [-0.05, 0) is 86.7 Å². The van der Waals surface area contributed by atoms with Crippen molar-refractivity contribution < 1.29 is 13.9 Å². The number of nitrogens with zero attached hydrogens (tertiary/aromatic N) is 2. The van der Waals surface area contributed by atoms with Crippen LogP contribution < -0.4 is 4.74 Å². The highest BCUT2D eigenvalue weighted by Crippen LogP contribution is 2.30. The third-order valence-corrected chi connectivity index (χ3v) is 8.02. The van der Waals surface area contributed by atoms with Gasteiger partial charge in [-0.25, -0.2) is 4.39 Å². The first kappa shape index (κ1) is 25.6. The Morgan fingerprint density at radius 3 is 2.51 bits per heavy atom. The minimum atomic E-state index is -0.219. The maximum atomic E-state index is 13.3. The van der Waals surface area contributed by atoms with E-state index in [1.165, 1.54) is 17.7 Å². The lowest BCUT2D eigenvalue weighted by molar-refractivity contribution is 0.0952. The SMILES string of the molecule is CC(c1ccccc1)N1CCC(CCC(=O)c2ccc3c(c2)CN(Cc2ccc(F)cc2)CCO3)CC1. The van der Waals surface area contributed by atoms with Gasteiger partial charge in [0.25, 0.3) is 0 Å². The predicted molar refractivity (Wildman–Crippen MR) is 145 cm³/mol. The van der Waals surface area contributed by atoms with Crippen LogP contribution in [0.25, 0.3) is 0 Å². The molecular formula is C32H37FN2O2. The number of piperidine rings is 1. The van der Waals surface area contributed by atoms with Gasteiger partial charge in [-0.3, -0.25) is 14.6 Å². The Labute approximate surface area is 220 Å². The average Bonchev–Trinajstić information content (AvgIpc) is 3.14. The van der Waals surface area contributed by atoms with E-state index in [-0.39, 0.29) is 11.6 Å². The zero-order chi connectivity index (χ0) is 25.6. The van der Waals surface area contributed by atoms with E-state index in [4.69, 9.17) is 4.74 Å². The summed E-state index contributed by atoms with van der Waals surface area (Å²) < 4.78 is 19.2. The molecule has 2 aliphatic rings. The molecule has 0 bridgehead atoms. The predicted octanol–water partition coefficient (Wildman–Crippen LogP) is 6.66. The number of ether oxygens (including phenoxy) is 1. The van der Waals surface area contributed by atoms with Gasteiger partial charge in [0.15, 0.2) is 5.78 Å². The van der Waals surface area contributed by atoms with E-state index in [2.05, 4.69) is 47.1 Å². The topological polar surface area (TPSA) is 32.8 Å². The van der Waals surface area contributed by atoms with Crippen LogP contribution in [0.3, 0.4) is 0 Å². The lowest BCUT2D eigenvalue weighted by Gasteiger charge is -2.36. The van der Waals surface area contributed by atoms with E-state index in [9.17, 15) is 9.18 Å². The van der Waals surface area contributed by atoms with Crippen molar-refractivity contribution in [2.75, 3.05) is 26.2 Å². The van der Waals surface area contributed by atoms with Crippen LogP contribution in [0.2, 0.25) is 0 Å². The van der Waals surface area contributed by atoms with Crippen molar-refractivity contribution in [2.24, 2.45) is 5.92 Å². The second kappa shape index (κ2) is 12.0. The molecule has 5 rings (SSSR count). The van der Waals surface area contributed by atoms with Gasteiger partial charge in [0.2, 0.25) is 0 Å². The Morgan fingerprint density at radius 1 is 1.00 bits per heavy atom. The van der Waals surface area contributed by atoms with Crippen molar-refractivity contribution in [1.82, 2.24) is 9.80 Å². The molecule has 4 nitrogen and oxygen atoms in total. The number of carbonyl (C=O) groups is 1. The molecule has 3 aromatic rings. The monoisotopic (exact) mass is 500 g/mol. The quantitative estimate of drug-likeness (QED) is 0.324. The molecule has 0 saturated carbocycles. The minimum Gasteiger partial charge on any atom is -0.492 e. The fourth-order valence-corrected chi connectivity index (χ4v) is 5.66. The molecule has 37 heavy (non-hydrogen) atoms. The molecule has 3 aromatic carbocycles. The number of Topliss-reactive ketones (excluding diaryl/α,β-unsaturated/α-hetero) is 1. The van der Waals surface area contributed by atoms with Crippen molar-refractivity contribution in [1.29, 1.82) is 0 Å². The first-order chi connectivity index (χ1) is 18.0. The summed E-state index contributed by atoms with van der Waals surface area (Å²) in [6.07, 6.45) is 3.86. The third kappa shape index (κ3) is 6.65. The van der Waals surface area contributed by atoms with Crippen LogP contribution in [-0.2, 0) is 13.1 Å². The van der Waals surface area contributed by atoms with E-state index < -0.39 is 0 Å². The highest BCUT2D eigenvalue weighted by molar-refractivity contribution is 5.96. The average molecular weight is 501 g/mol. The molecule has 194 valence electrons. The largest absolute Gasteiger partial charge is 0.492 e. The lowest BCUT2D eigenvalue weighted by Crippen LogP contribution is -2.35. The van der Waals surface area contributed by atoms with Crippen LogP contribution in [0, 0.1) is 11.7 Å². The van der Waals surface area contributed by atoms with Crippen molar-refractivity contribution in [3.05, 3.63) is 101 Å². The van der Waals surface area contributed by atoms with Crippen molar-refractivity contribution in [2.45, 2.75) is 51.7 Å². The number of hydrogen-bond acceptors (Lipinski definition) is 4. The fourth-order valence-electron chi connectivity index (χ4n) is 5.66.